The first kappa shape index (κ1) is 15.5. The van der Waals surface area contributed by atoms with Crippen LogP contribution in [0, 0.1) is 5.92 Å². The van der Waals surface area contributed by atoms with Crippen molar-refractivity contribution >= 4 is 0 Å². The van der Waals surface area contributed by atoms with Crippen molar-refractivity contribution in [1.82, 2.24) is 4.90 Å². The summed E-state index contributed by atoms with van der Waals surface area (Å²) in [6.45, 7) is 7.23. The largest absolute Gasteiger partial charge is 0.395 e. The van der Waals surface area contributed by atoms with Crippen molar-refractivity contribution in [3.8, 4) is 0 Å². The zero-order valence-corrected chi connectivity index (χ0v) is 12.7. The minimum atomic E-state index is 0.194. The highest BCUT2D eigenvalue weighted by Crippen LogP contribution is 2.20. The summed E-state index contributed by atoms with van der Waals surface area (Å²) in [5, 5.41) is 9.74. The Kier molecular flexibility index (Phi) is 6.02. The lowest BCUT2D eigenvalue weighted by Gasteiger charge is -2.34. The zero-order chi connectivity index (χ0) is 14.4. The van der Waals surface area contributed by atoms with Crippen LogP contribution in [0.4, 0.5) is 0 Å². The second-order valence-electron chi connectivity index (χ2n) is 6.04. The van der Waals surface area contributed by atoms with Crippen LogP contribution in [0.25, 0.3) is 0 Å². The first-order valence-electron chi connectivity index (χ1n) is 7.71. The topological polar surface area (TPSA) is 32.7 Å². The Morgan fingerprint density at radius 1 is 1.30 bits per heavy atom. The molecule has 0 radical (unpaired) electrons. The Hall–Kier alpha value is -0.900. The van der Waals surface area contributed by atoms with Gasteiger partial charge in [0.15, 0.2) is 0 Å². The number of benzene rings is 1. The maximum Gasteiger partial charge on any atom is 0.0703 e. The first-order valence-corrected chi connectivity index (χ1v) is 7.71. The van der Waals surface area contributed by atoms with Gasteiger partial charge in [0.25, 0.3) is 0 Å². The van der Waals surface area contributed by atoms with Gasteiger partial charge in [0.2, 0.25) is 0 Å². The van der Waals surface area contributed by atoms with E-state index in [1.165, 1.54) is 5.56 Å². The lowest BCUT2D eigenvalue weighted by Crippen LogP contribution is -2.44. The molecule has 0 spiro atoms. The molecule has 1 saturated heterocycles. The second kappa shape index (κ2) is 7.77. The fourth-order valence-electron chi connectivity index (χ4n) is 2.93. The third-order valence-electron chi connectivity index (χ3n) is 4.12. The van der Waals surface area contributed by atoms with Crippen molar-refractivity contribution in [3.05, 3.63) is 35.9 Å². The molecular formula is C17H27NO2. The highest BCUT2D eigenvalue weighted by molar-refractivity contribution is 5.14. The fourth-order valence-corrected chi connectivity index (χ4v) is 2.93. The van der Waals surface area contributed by atoms with Crippen LogP contribution in [0.15, 0.2) is 30.3 Å². The van der Waals surface area contributed by atoms with Crippen LogP contribution in [0.3, 0.4) is 0 Å². The Morgan fingerprint density at radius 2 is 2.05 bits per heavy atom. The van der Waals surface area contributed by atoms with Crippen LogP contribution in [-0.4, -0.2) is 41.9 Å². The van der Waals surface area contributed by atoms with Crippen LogP contribution in [0.5, 0.6) is 0 Å². The van der Waals surface area contributed by atoms with Crippen LogP contribution >= 0.6 is 0 Å². The van der Waals surface area contributed by atoms with Crippen LogP contribution < -0.4 is 0 Å². The summed E-state index contributed by atoms with van der Waals surface area (Å²) >= 11 is 0. The molecule has 0 saturated carbocycles. The number of rotatable bonds is 7. The third kappa shape index (κ3) is 4.30. The molecule has 1 fully saturated rings. The molecule has 0 aliphatic carbocycles. The van der Waals surface area contributed by atoms with Gasteiger partial charge in [0.1, 0.15) is 0 Å². The van der Waals surface area contributed by atoms with E-state index in [1.807, 2.05) is 6.07 Å². The van der Waals surface area contributed by atoms with Gasteiger partial charge in [-0.2, -0.15) is 0 Å². The molecule has 2 unspecified atom stereocenters. The van der Waals surface area contributed by atoms with Crippen molar-refractivity contribution in [2.75, 3.05) is 19.8 Å². The number of nitrogens with zero attached hydrogens (tertiary/aromatic N) is 1. The van der Waals surface area contributed by atoms with Crippen molar-refractivity contribution in [3.63, 3.8) is 0 Å². The van der Waals surface area contributed by atoms with Gasteiger partial charge < -0.3 is 9.84 Å². The van der Waals surface area contributed by atoms with Crippen molar-refractivity contribution < 1.29 is 9.84 Å². The van der Waals surface area contributed by atoms with E-state index in [9.17, 15) is 5.11 Å². The number of aliphatic hydroxyl groups excluding tert-OH is 1. The molecule has 3 heteroatoms. The Balaban J connectivity index is 2.05. The number of aliphatic hydroxyl groups is 1. The average Bonchev–Trinajstić information content (AvgIpc) is 2.93. The molecule has 2 atom stereocenters. The molecule has 1 aliphatic heterocycles. The first-order chi connectivity index (χ1) is 9.70. The van der Waals surface area contributed by atoms with E-state index in [1.54, 1.807) is 0 Å². The van der Waals surface area contributed by atoms with Crippen molar-refractivity contribution in [1.29, 1.82) is 0 Å². The highest BCUT2D eigenvalue weighted by atomic mass is 16.5. The van der Waals surface area contributed by atoms with Crippen LogP contribution in [0.1, 0.15) is 32.3 Å². The van der Waals surface area contributed by atoms with E-state index in [2.05, 4.69) is 43.0 Å². The summed E-state index contributed by atoms with van der Waals surface area (Å²) < 4.78 is 5.77. The van der Waals surface area contributed by atoms with Gasteiger partial charge in [-0.25, -0.2) is 0 Å². The molecule has 1 N–H and O–H groups in total. The SMILES string of the molecule is CC(C)C(CO)N(Cc1ccccc1)CC1CCCO1. The van der Waals surface area contributed by atoms with Gasteiger partial charge in [0, 0.05) is 25.7 Å². The number of hydrogen-bond acceptors (Lipinski definition) is 3. The smallest absolute Gasteiger partial charge is 0.0703 e. The molecule has 3 nitrogen and oxygen atoms in total. The summed E-state index contributed by atoms with van der Waals surface area (Å²) in [4.78, 5) is 2.38. The predicted molar refractivity (Wildman–Crippen MR) is 81.5 cm³/mol. The van der Waals surface area contributed by atoms with Gasteiger partial charge in [-0.05, 0) is 24.3 Å². The summed E-state index contributed by atoms with van der Waals surface area (Å²) in [5.41, 5.74) is 1.30. The van der Waals surface area contributed by atoms with Crippen molar-refractivity contribution in [2.45, 2.75) is 45.4 Å². The van der Waals surface area contributed by atoms with Gasteiger partial charge in [-0.3, -0.25) is 4.90 Å². The monoisotopic (exact) mass is 277 g/mol. The van der Waals surface area contributed by atoms with Gasteiger partial charge >= 0.3 is 0 Å². The lowest BCUT2D eigenvalue weighted by molar-refractivity contribution is 0.0240. The van der Waals surface area contributed by atoms with E-state index in [0.29, 0.717) is 12.0 Å². The van der Waals surface area contributed by atoms with E-state index in [4.69, 9.17) is 4.74 Å². The van der Waals surface area contributed by atoms with Crippen LogP contribution in [-0.2, 0) is 11.3 Å². The quantitative estimate of drug-likeness (QED) is 0.832. The summed E-state index contributed by atoms with van der Waals surface area (Å²) in [6.07, 6.45) is 2.63. The molecule has 0 bridgehead atoms. The maximum atomic E-state index is 9.74. The van der Waals surface area contributed by atoms with E-state index in [0.717, 1.165) is 32.5 Å². The minimum absolute atomic E-state index is 0.194. The molecule has 112 valence electrons. The molecular weight excluding hydrogens is 250 g/mol. The normalized spacial score (nSPS) is 20.8. The number of hydrogen-bond donors (Lipinski definition) is 1. The Morgan fingerprint density at radius 3 is 2.60 bits per heavy atom. The zero-order valence-electron chi connectivity index (χ0n) is 12.7. The minimum Gasteiger partial charge on any atom is -0.395 e. The van der Waals surface area contributed by atoms with E-state index in [-0.39, 0.29) is 12.6 Å². The van der Waals surface area contributed by atoms with E-state index < -0.39 is 0 Å². The average molecular weight is 277 g/mol. The fraction of sp³-hybridized carbons (Fsp3) is 0.647. The van der Waals surface area contributed by atoms with E-state index >= 15 is 0 Å². The molecule has 0 amide bonds. The molecule has 1 aromatic carbocycles. The Bertz CT molecular complexity index is 374. The third-order valence-corrected chi connectivity index (χ3v) is 4.12. The highest BCUT2D eigenvalue weighted by Gasteiger charge is 2.26. The molecule has 0 aromatic heterocycles. The summed E-state index contributed by atoms with van der Waals surface area (Å²) in [7, 11) is 0. The lowest BCUT2D eigenvalue weighted by atomic mass is 10.0. The number of ether oxygens (including phenoxy) is 1. The molecule has 1 heterocycles. The molecule has 1 aromatic rings. The second-order valence-corrected chi connectivity index (χ2v) is 6.04. The van der Waals surface area contributed by atoms with Gasteiger partial charge in [-0.1, -0.05) is 44.2 Å². The Labute approximate surface area is 122 Å². The molecule has 1 aliphatic rings. The van der Waals surface area contributed by atoms with Gasteiger partial charge in [-0.15, -0.1) is 0 Å². The summed E-state index contributed by atoms with van der Waals surface area (Å²) in [5.74, 6) is 0.435. The molecule has 20 heavy (non-hydrogen) atoms. The maximum absolute atomic E-state index is 9.74. The summed E-state index contributed by atoms with van der Waals surface area (Å²) in [6, 6.07) is 10.7. The molecule has 2 rings (SSSR count). The van der Waals surface area contributed by atoms with Crippen LogP contribution in [0.2, 0.25) is 0 Å². The van der Waals surface area contributed by atoms with Crippen molar-refractivity contribution in [2.24, 2.45) is 5.92 Å². The van der Waals surface area contributed by atoms with Gasteiger partial charge in [0.05, 0.1) is 12.7 Å². The predicted octanol–water partition coefficient (Wildman–Crippen LogP) is 2.68. The standard InChI is InChI=1S/C17H27NO2/c1-14(2)17(13-19)18(12-16-9-6-10-20-16)11-15-7-4-3-5-8-15/h3-5,7-8,14,16-17,19H,6,9-13H2,1-2H3.